The van der Waals surface area contributed by atoms with E-state index in [9.17, 15) is 4.79 Å². The number of nitrogens with one attached hydrogen (secondary N) is 1. The van der Waals surface area contributed by atoms with E-state index in [2.05, 4.69) is 23.7 Å². The molecule has 1 N–H and O–H groups in total. The fourth-order valence-electron chi connectivity index (χ4n) is 3.00. The number of anilines is 1. The standard InChI is InChI=1S/C17H20N2OS/c1-3-15-14-8-10-21-16(14)7-9-19(15)17(20)18-13-6-4-5-12(2)11-13/h4-6,8,10-11,15H,3,7,9H2,1-2H3,(H,18,20). The Hall–Kier alpha value is -1.81. The van der Waals surface area contributed by atoms with Crippen LogP contribution in [0.2, 0.25) is 0 Å². The molecule has 0 fully saturated rings. The summed E-state index contributed by atoms with van der Waals surface area (Å²) in [6.45, 7) is 4.97. The number of aryl methyl sites for hydroxylation is 1. The molecule has 1 aromatic carbocycles. The summed E-state index contributed by atoms with van der Waals surface area (Å²) in [6, 6.07) is 10.3. The summed E-state index contributed by atoms with van der Waals surface area (Å²) >= 11 is 1.81. The highest BCUT2D eigenvalue weighted by Gasteiger charge is 2.30. The number of carbonyl (C=O) groups excluding carboxylic acids is 1. The van der Waals surface area contributed by atoms with Gasteiger partial charge in [-0.2, -0.15) is 0 Å². The number of rotatable bonds is 2. The van der Waals surface area contributed by atoms with Gasteiger partial charge >= 0.3 is 6.03 Å². The molecule has 3 nitrogen and oxygen atoms in total. The lowest BCUT2D eigenvalue weighted by Crippen LogP contribution is -2.41. The molecule has 1 unspecified atom stereocenters. The highest BCUT2D eigenvalue weighted by molar-refractivity contribution is 7.10. The van der Waals surface area contributed by atoms with Crippen molar-refractivity contribution in [3.8, 4) is 0 Å². The summed E-state index contributed by atoms with van der Waals surface area (Å²) in [6.07, 6.45) is 1.91. The first-order chi connectivity index (χ1) is 10.2. The predicted molar refractivity (Wildman–Crippen MR) is 88.0 cm³/mol. The molecule has 4 heteroatoms. The molecule has 1 aromatic heterocycles. The molecular formula is C17H20N2OS. The third kappa shape index (κ3) is 2.81. The van der Waals surface area contributed by atoms with Crippen LogP contribution in [-0.2, 0) is 6.42 Å². The number of benzene rings is 1. The van der Waals surface area contributed by atoms with Gasteiger partial charge in [0, 0.05) is 17.1 Å². The average Bonchev–Trinajstić information content (AvgIpc) is 2.94. The minimum absolute atomic E-state index is 0.00398. The van der Waals surface area contributed by atoms with Crippen LogP contribution in [0, 0.1) is 6.92 Å². The van der Waals surface area contributed by atoms with Gasteiger partial charge in [-0.05, 0) is 54.5 Å². The Morgan fingerprint density at radius 3 is 3.05 bits per heavy atom. The van der Waals surface area contributed by atoms with Gasteiger partial charge in [-0.25, -0.2) is 4.79 Å². The lowest BCUT2D eigenvalue weighted by molar-refractivity contribution is 0.181. The number of amides is 2. The average molecular weight is 300 g/mol. The van der Waals surface area contributed by atoms with Crippen molar-refractivity contribution in [3.63, 3.8) is 0 Å². The zero-order valence-corrected chi connectivity index (χ0v) is 13.2. The van der Waals surface area contributed by atoms with E-state index in [4.69, 9.17) is 0 Å². The zero-order chi connectivity index (χ0) is 14.8. The first kappa shape index (κ1) is 14.1. The van der Waals surface area contributed by atoms with Crippen LogP contribution in [0.1, 0.15) is 35.4 Å². The van der Waals surface area contributed by atoms with Crippen molar-refractivity contribution in [2.24, 2.45) is 0 Å². The van der Waals surface area contributed by atoms with E-state index in [0.717, 1.165) is 30.6 Å². The monoisotopic (exact) mass is 300 g/mol. The topological polar surface area (TPSA) is 32.3 Å². The minimum Gasteiger partial charge on any atom is -0.317 e. The van der Waals surface area contributed by atoms with Crippen molar-refractivity contribution in [1.82, 2.24) is 4.90 Å². The van der Waals surface area contributed by atoms with E-state index in [1.54, 1.807) is 11.3 Å². The van der Waals surface area contributed by atoms with Crippen molar-refractivity contribution in [2.75, 3.05) is 11.9 Å². The fourth-order valence-corrected chi connectivity index (χ4v) is 3.93. The van der Waals surface area contributed by atoms with E-state index >= 15 is 0 Å². The minimum atomic E-state index is 0.00398. The number of nitrogens with zero attached hydrogens (tertiary/aromatic N) is 1. The zero-order valence-electron chi connectivity index (χ0n) is 12.4. The molecule has 110 valence electrons. The third-order valence-corrected chi connectivity index (χ3v) is 5.01. The van der Waals surface area contributed by atoms with Crippen LogP contribution in [0.4, 0.5) is 10.5 Å². The predicted octanol–water partition coefficient (Wildman–Crippen LogP) is 4.60. The summed E-state index contributed by atoms with van der Waals surface area (Å²) in [4.78, 5) is 16.0. The van der Waals surface area contributed by atoms with Crippen LogP contribution in [0.15, 0.2) is 35.7 Å². The highest BCUT2D eigenvalue weighted by atomic mass is 32.1. The summed E-state index contributed by atoms with van der Waals surface area (Å²) in [5, 5.41) is 5.16. The van der Waals surface area contributed by atoms with Gasteiger partial charge in [0.25, 0.3) is 0 Å². The second kappa shape index (κ2) is 5.90. The van der Waals surface area contributed by atoms with Crippen LogP contribution < -0.4 is 5.32 Å². The summed E-state index contributed by atoms with van der Waals surface area (Å²) < 4.78 is 0. The molecule has 0 bridgehead atoms. The van der Waals surface area contributed by atoms with E-state index in [0.29, 0.717) is 0 Å². The number of fused-ring (bicyclic) bond motifs is 1. The number of thiophene rings is 1. The summed E-state index contributed by atoms with van der Waals surface area (Å²) in [5.74, 6) is 0. The lowest BCUT2D eigenvalue weighted by Gasteiger charge is -2.35. The smallest absolute Gasteiger partial charge is 0.317 e. The largest absolute Gasteiger partial charge is 0.322 e. The Labute approximate surface area is 129 Å². The Kier molecular flexibility index (Phi) is 3.97. The van der Waals surface area contributed by atoms with Crippen LogP contribution in [0.25, 0.3) is 0 Å². The molecule has 1 aliphatic heterocycles. The van der Waals surface area contributed by atoms with Gasteiger partial charge in [-0.15, -0.1) is 11.3 Å². The van der Waals surface area contributed by atoms with Crippen LogP contribution in [0.3, 0.4) is 0 Å². The summed E-state index contributed by atoms with van der Waals surface area (Å²) in [7, 11) is 0. The Balaban J connectivity index is 1.78. The molecule has 2 aromatic rings. The van der Waals surface area contributed by atoms with Crippen molar-refractivity contribution in [2.45, 2.75) is 32.7 Å². The summed E-state index contributed by atoms with van der Waals surface area (Å²) in [5.41, 5.74) is 3.35. The van der Waals surface area contributed by atoms with Gasteiger partial charge in [0.05, 0.1) is 6.04 Å². The first-order valence-electron chi connectivity index (χ1n) is 7.39. The molecule has 21 heavy (non-hydrogen) atoms. The van der Waals surface area contributed by atoms with Crippen molar-refractivity contribution in [1.29, 1.82) is 0 Å². The Bertz CT molecular complexity index is 650. The number of hydrogen-bond acceptors (Lipinski definition) is 2. The molecule has 0 saturated heterocycles. The third-order valence-electron chi connectivity index (χ3n) is 4.01. The highest BCUT2D eigenvalue weighted by Crippen LogP contribution is 2.35. The van der Waals surface area contributed by atoms with Crippen LogP contribution in [-0.4, -0.2) is 17.5 Å². The van der Waals surface area contributed by atoms with E-state index in [-0.39, 0.29) is 12.1 Å². The van der Waals surface area contributed by atoms with E-state index in [1.807, 2.05) is 36.1 Å². The van der Waals surface area contributed by atoms with Gasteiger partial charge in [-0.3, -0.25) is 0 Å². The fraction of sp³-hybridized carbons (Fsp3) is 0.353. The number of carbonyl (C=O) groups is 1. The van der Waals surface area contributed by atoms with Crippen LogP contribution >= 0.6 is 11.3 Å². The van der Waals surface area contributed by atoms with Crippen LogP contribution in [0.5, 0.6) is 0 Å². The van der Waals surface area contributed by atoms with Gasteiger partial charge in [0.15, 0.2) is 0 Å². The molecule has 0 aliphatic carbocycles. The molecule has 2 heterocycles. The van der Waals surface area contributed by atoms with Gasteiger partial charge < -0.3 is 10.2 Å². The molecular weight excluding hydrogens is 280 g/mol. The van der Waals surface area contributed by atoms with E-state index < -0.39 is 0 Å². The molecule has 1 aliphatic rings. The van der Waals surface area contributed by atoms with Crippen molar-refractivity contribution < 1.29 is 4.79 Å². The Morgan fingerprint density at radius 2 is 2.29 bits per heavy atom. The molecule has 1 atom stereocenters. The lowest BCUT2D eigenvalue weighted by atomic mass is 9.98. The Morgan fingerprint density at radius 1 is 1.43 bits per heavy atom. The maximum absolute atomic E-state index is 12.6. The quantitative estimate of drug-likeness (QED) is 0.864. The normalized spacial score (nSPS) is 17.4. The van der Waals surface area contributed by atoms with Gasteiger partial charge in [-0.1, -0.05) is 19.1 Å². The second-order valence-corrected chi connectivity index (χ2v) is 6.47. The maximum Gasteiger partial charge on any atom is 0.322 e. The molecule has 0 radical (unpaired) electrons. The van der Waals surface area contributed by atoms with E-state index in [1.165, 1.54) is 10.4 Å². The van der Waals surface area contributed by atoms with Gasteiger partial charge in [0.1, 0.15) is 0 Å². The second-order valence-electron chi connectivity index (χ2n) is 5.47. The molecule has 0 spiro atoms. The molecule has 2 amide bonds. The molecule has 3 rings (SSSR count). The van der Waals surface area contributed by atoms with Gasteiger partial charge in [0.2, 0.25) is 0 Å². The maximum atomic E-state index is 12.6. The molecule has 0 saturated carbocycles. The van der Waals surface area contributed by atoms with Crippen molar-refractivity contribution >= 4 is 23.1 Å². The number of urea groups is 1. The van der Waals surface area contributed by atoms with Crippen molar-refractivity contribution in [3.05, 3.63) is 51.7 Å². The number of hydrogen-bond donors (Lipinski definition) is 1. The first-order valence-corrected chi connectivity index (χ1v) is 8.27. The SMILES string of the molecule is CCC1c2ccsc2CCN1C(=O)Nc1cccc(C)c1.